The Hall–Kier alpha value is -1.00. The van der Waals surface area contributed by atoms with Crippen molar-refractivity contribution >= 4 is 0 Å². The number of aliphatic hydroxyl groups is 1. The van der Waals surface area contributed by atoms with Crippen LogP contribution in [0.15, 0.2) is 18.3 Å². The van der Waals surface area contributed by atoms with Gasteiger partial charge in [0.2, 0.25) is 0 Å². The Kier molecular flexibility index (Phi) is 5.51. The van der Waals surface area contributed by atoms with Gasteiger partial charge < -0.3 is 10.0 Å². The van der Waals surface area contributed by atoms with Gasteiger partial charge in [0.05, 0.1) is 18.0 Å². The Morgan fingerprint density at radius 1 is 1.41 bits per heavy atom. The number of hydrogen-bond donors (Lipinski definition) is 1. The summed E-state index contributed by atoms with van der Waals surface area (Å²) < 4.78 is 12.7. The normalized spacial score (nSPS) is 13.4. The highest BCUT2D eigenvalue weighted by atomic mass is 19.1. The topological polar surface area (TPSA) is 36.4 Å². The lowest BCUT2D eigenvalue weighted by Crippen LogP contribution is -2.25. The zero-order valence-corrected chi connectivity index (χ0v) is 10.7. The Labute approximate surface area is 102 Å². The summed E-state index contributed by atoms with van der Waals surface area (Å²) in [6.07, 6.45) is 1.13. The van der Waals surface area contributed by atoms with Gasteiger partial charge in [-0.3, -0.25) is 4.98 Å². The van der Waals surface area contributed by atoms with Crippen LogP contribution in [0.3, 0.4) is 0 Å². The van der Waals surface area contributed by atoms with Gasteiger partial charge in [-0.25, -0.2) is 4.39 Å². The van der Waals surface area contributed by atoms with E-state index in [0.717, 1.165) is 19.3 Å². The van der Waals surface area contributed by atoms with E-state index in [0.29, 0.717) is 18.0 Å². The van der Waals surface area contributed by atoms with Crippen LogP contribution in [0.1, 0.15) is 32.1 Å². The first-order valence-electron chi connectivity index (χ1n) is 5.97. The summed E-state index contributed by atoms with van der Waals surface area (Å²) in [4.78, 5) is 6.05. The molecule has 0 spiro atoms. The van der Waals surface area contributed by atoms with Crippen molar-refractivity contribution in [3.63, 3.8) is 0 Å². The van der Waals surface area contributed by atoms with Crippen molar-refractivity contribution < 1.29 is 9.50 Å². The van der Waals surface area contributed by atoms with Gasteiger partial charge in [-0.1, -0.05) is 13.8 Å². The lowest BCUT2D eigenvalue weighted by Gasteiger charge is -2.20. The summed E-state index contributed by atoms with van der Waals surface area (Å²) in [5, 5.41) is 9.88. The summed E-state index contributed by atoms with van der Waals surface area (Å²) in [6, 6.07) is 2.85. The molecule has 0 radical (unpaired) electrons. The van der Waals surface area contributed by atoms with E-state index in [4.69, 9.17) is 0 Å². The summed E-state index contributed by atoms with van der Waals surface area (Å²) >= 11 is 0. The van der Waals surface area contributed by atoms with Crippen molar-refractivity contribution in [2.75, 3.05) is 20.1 Å². The summed E-state index contributed by atoms with van der Waals surface area (Å²) in [5.41, 5.74) is 0.532. The van der Waals surface area contributed by atoms with E-state index in [2.05, 4.69) is 23.7 Å². The van der Waals surface area contributed by atoms with Crippen LogP contribution in [0, 0.1) is 11.7 Å². The van der Waals surface area contributed by atoms with E-state index in [1.165, 1.54) is 12.1 Å². The molecule has 1 aromatic rings. The van der Waals surface area contributed by atoms with Crippen LogP contribution in [0.2, 0.25) is 0 Å². The third-order valence-electron chi connectivity index (χ3n) is 2.55. The summed E-state index contributed by atoms with van der Waals surface area (Å²) in [7, 11) is 2.03. The maximum Gasteiger partial charge on any atom is 0.141 e. The molecule has 1 aromatic heterocycles. The largest absolute Gasteiger partial charge is 0.387 e. The van der Waals surface area contributed by atoms with Crippen LogP contribution in [0.4, 0.5) is 4.39 Å². The average molecular weight is 240 g/mol. The van der Waals surface area contributed by atoms with Crippen molar-refractivity contribution in [1.82, 2.24) is 9.88 Å². The van der Waals surface area contributed by atoms with E-state index in [9.17, 15) is 9.50 Å². The van der Waals surface area contributed by atoms with Crippen LogP contribution in [-0.4, -0.2) is 35.1 Å². The molecule has 0 saturated carbocycles. The van der Waals surface area contributed by atoms with Crippen LogP contribution in [0.5, 0.6) is 0 Å². The van der Waals surface area contributed by atoms with E-state index >= 15 is 0 Å². The van der Waals surface area contributed by atoms with Crippen molar-refractivity contribution in [1.29, 1.82) is 0 Å². The predicted molar refractivity (Wildman–Crippen MR) is 66.1 cm³/mol. The molecular weight excluding hydrogens is 219 g/mol. The molecule has 1 unspecified atom stereocenters. The van der Waals surface area contributed by atoms with Crippen LogP contribution >= 0.6 is 0 Å². The Bertz CT molecular complexity index is 327. The molecule has 3 nitrogen and oxygen atoms in total. The van der Waals surface area contributed by atoms with Crippen molar-refractivity contribution in [3.8, 4) is 0 Å². The second kappa shape index (κ2) is 6.67. The first-order valence-corrected chi connectivity index (χ1v) is 5.97. The smallest absolute Gasteiger partial charge is 0.141 e. The van der Waals surface area contributed by atoms with Gasteiger partial charge in [0.25, 0.3) is 0 Å². The molecule has 0 fully saturated rings. The van der Waals surface area contributed by atoms with Gasteiger partial charge in [0.1, 0.15) is 5.82 Å². The highest BCUT2D eigenvalue weighted by molar-refractivity contribution is 5.07. The fourth-order valence-corrected chi connectivity index (χ4v) is 1.79. The number of hydrogen-bond acceptors (Lipinski definition) is 3. The lowest BCUT2D eigenvalue weighted by molar-refractivity contribution is 0.142. The molecular formula is C13H21FN2O. The maximum absolute atomic E-state index is 12.7. The third-order valence-corrected chi connectivity index (χ3v) is 2.55. The van der Waals surface area contributed by atoms with E-state index in [-0.39, 0.29) is 5.82 Å². The fourth-order valence-electron chi connectivity index (χ4n) is 1.79. The van der Waals surface area contributed by atoms with Crippen LogP contribution in [-0.2, 0) is 0 Å². The minimum Gasteiger partial charge on any atom is -0.387 e. The van der Waals surface area contributed by atoms with Gasteiger partial charge in [0.15, 0.2) is 0 Å². The van der Waals surface area contributed by atoms with Crippen molar-refractivity contribution in [2.24, 2.45) is 5.92 Å². The molecule has 0 amide bonds. The van der Waals surface area contributed by atoms with E-state index in [1.54, 1.807) is 0 Å². The minimum absolute atomic E-state index is 0.377. The van der Waals surface area contributed by atoms with E-state index in [1.807, 2.05) is 7.05 Å². The predicted octanol–water partition coefficient (Wildman–Crippen LogP) is 2.23. The second-order valence-electron chi connectivity index (χ2n) is 4.86. The van der Waals surface area contributed by atoms with Crippen molar-refractivity contribution in [3.05, 3.63) is 29.8 Å². The van der Waals surface area contributed by atoms with Gasteiger partial charge in [-0.15, -0.1) is 0 Å². The molecule has 1 rings (SSSR count). The Morgan fingerprint density at radius 2 is 2.12 bits per heavy atom. The second-order valence-corrected chi connectivity index (χ2v) is 4.86. The zero-order valence-electron chi connectivity index (χ0n) is 10.7. The number of nitrogens with zero attached hydrogens (tertiary/aromatic N) is 2. The number of aliphatic hydroxyl groups excluding tert-OH is 1. The van der Waals surface area contributed by atoms with Gasteiger partial charge >= 0.3 is 0 Å². The first kappa shape index (κ1) is 14.1. The number of rotatable bonds is 6. The molecule has 0 aliphatic carbocycles. The molecule has 4 heteroatoms. The van der Waals surface area contributed by atoms with E-state index < -0.39 is 6.10 Å². The molecule has 0 aliphatic rings. The maximum atomic E-state index is 12.7. The molecule has 1 heterocycles. The molecule has 0 saturated heterocycles. The number of aromatic nitrogens is 1. The molecule has 17 heavy (non-hydrogen) atoms. The lowest BCUT2D eigenvalue weighted by atomic mass is 10.1. The SMILES string of the molecule is CC(C)CN(C)CCC(O)c1ccc(F)cn1. The monoisotopic (exact) mass is 240 g/mol. The molecule has 0 aromatic carbocycles. The number of halogens is 1. The van der Waals surface area contributed by atoms with Gasteiger partial charge in [0, 0.05) is 13.1 Å². The molecule has 1 N–H and O–H groups in total. The molecule has 0 bridgehead atoms. The quantitative estimate of drug-likeness (QED) is 0.828. The average Bonchev–Trinajstić information content (AvgIpc) is 2.26. The minimum atomic E-state index is -0.620. The van der Waals surface area contributed by atoms with Crippen LogP contribution < -0.4 is 0 Å². The highest BCUT2D eigenvalue weighted by Gasteiger charge is 2.10. The fraction of sp³-hybridized carbons (Fsp3) is 0.615. The van der Waals surface area contributed by atoms with Gasteiger partial charge in [-0.2, -0.15) is 0 Å². The highest BCUT2D eigenvalue weighted by Crippen LogP contribution is 2.14. The number of pyridine rings is 1. The summed E-state index contributed by atoms with van der Waals surface area (Å²) in [5.74, 6) is 0.235. The molecule has 0 aliphatic heterocycles. The van der Waals surface area contributed by atoms with Crippen molar-refractivity contribution in [2.45, 2.75) is 26.4 Å². The molecule has 1 atom stereocenters. The zero-order chi connectivity index (χ0) is 12.8. The standard InChI is InChI=1S/C13H21FN2O/c1-10(2)9-16(3)7-6-13(17)12-5-4-11(14)8-15-12/h4-5,8,10,13,17H,6-7,9H2,1-3H3. The summed E-state index contributed by atoms with van der Waals surface area (Å²) in [6.45, 7) is 6.13. The van der Waals surface area contributed by atoms with Gasteiger partial charge in [-0.05, 0) is 31.5 Å². The first-order chi connectivity index (χ1) is 7.99. The van der Waals surface area contributed by atoms with Crippen LogP contribution in [0.25, 0.3) is 0 Å². The Morgan fingerprint density at radius 3 is 2.65 bits per heavy atom. The molecule has 96 valence electrons. The third kappa shape index (κ3) is 5.24. The Balaban J connectivity index is 2.39.